The standard InChI is InChI=1S/C14H26N2O/c1-4-14(6-5-7-15-10-14)13(17)16-8-11(2)12(3)9-16/h11-12,15H,4-10H2,1-3H3. The molecule has 0 bridgehead atoms. The first-order chi connectivity index (χ1) is 8.09. The zero-order valence-electron chi connectivity index (χ0n) is 11.5. The van der Waals surface area contributed by atoms with Crippen LogP contribution >= 0.6 is 0 Å². The summed E-state index contributed by atoms with van der Waals surface area (Å²) in [6, 6.07) is 0. The highest BCUT2D eigenvalue weighted by molar-refractivity contribution is 5.83. The summed E-state index contributed by atoms with van der Waals surface area (Å²) in [6.45, 7) is 10.5. The molecule has 2 aliphatic heterocycles. The zero-order chi connectivity index (χ0) is 12.5. The van der Waals surface area contributed by atoms with Gasteiger partial charge in [0.2, 0.25) is 5.91 Å². The third-order valence-electron chi connectivity index (χ3n) is 4.88. The van der Waals surface area contributed by atoms with Gasteiger partial charge in [-0.15, -0.1) is 0 Å². The van der Waals surface area contributed by atoms with Crippen molar-refractivity contribution >= 4 is 5.91 Å². The molecule has 2 fully saturated rings. The number of carbonyl (C=O) groups excluding carboxylic acids is 1. The van der Waals surface area contributed by atoms with Gasteiger partial charge in [-0.2, -0.15) is 0 Å². The SMILES string of the molecule is CCC1(C(=O)N2CC(C)C(C)C2)CCCNC1. The van der Waals surface area contributed by atoms with Crippen LogP contribution in [0.4, 0.5) is 0 Å². The molecule has 17 heavy (non-hydrogen) atoms. The first-order valence-corrected chi connectivity index (χ1v) is 7.09. The van der Waals surface area contributed by atoms with Crippen LogP contribution in [0, 0.1) is 17.3 Å². The van der Waals surface area contributed by atoms with Crippen LogP contribution in [0.5, 0.6) is 0 Å². The van der Waals surface area contributed by atoms with Gasteiger partial charge >= 0.3 is 0 Å². The maximum absolute atomic E-state index is 12.7. The topological polar surface area (TPSA) is 32.3 Å². The van der Waals surface area contributed by atoms with E-state index in [1.807, 2.05) is 0 Å². The quantitative estimate of drug-likeness (QED) is 0.796. The summed E-state index contributed by atoms with van der Waals surface area (Å²) in [6.07, 6.45) is 3.17. The zero-order valence-corrected chi connectivity index (χ0v) is 11.5. The minimum Gasteiger partial charge on any atom is -0.342 e. The summed E-state index contributed by atoms with van der Waals surface area (Å²) in [4.78, 5) is 14.8. The van der Waals surface area contributed by atoms with Crippen LogP contribution in [0.25, 0.3) is 0 Å². The Labute approximate surface area is 105 Å². The van der Waals surface area contributed by atoms with E-state index in [4.69, 9.17) is 0 Å². The summed E-state index contributed by atoms with van der Waals surface area (Å²) in [5.74, 6) is 1.72. The van der Waals surface area contributed by atoms with E-state index in [1.165, 1.54) is 0 Å². The molecule has 3 heteroatoms. The number of nitrogens with zero attached hydrogens (tertiary/aromatic N) is 1. The summed E-state index contributed by atoms with van der Waals surface area (Å²) in [5.41, 5.74) is -0.109. The molecule has 2 saturated heterocycles. The second kappa shape index (κ2) is 4.97. The van der Waals surface area contributed by atoms with E-state index in [9.17, 15) is 4.79 Å². The lowest BCUT2D eigenvalue weighted by Gasteiger charge is -2.38. The number of hydrogen-bond acceptors (Lipinski definition) is 2. The first-order valence-electron chi connectivity index (χ1n) is 7.09. The van der Waals surface area contributed by atoms with E-state index in [0.717, 1.165) is 45.4 Å². The van der Waals surface area contributed by atoms with Crippen molar-refractivity contribution in [2.75, 3.05) is 26.2 Å². The molecule has 3 unspecified atom stereocenters. The Hall–Kier alpha value is -0.570. The van der Waals surface area contributed by atoms with Gasteiger partial charge in [-0.3, -0.25) is 4.79 Å². The van der Waals surface area contributed by atoms with Gasteiger partial charge in [0.15, 0.2) is 0 Å². The van der Waals surface area contributed by atoms with E-state index >= 15 is 0 Å². The minimum atomic E-state index is -0.109. The molecule has 0 aromatic carbocycles. The van der Waals surface area contributed by atoms with E-state index < -0.39 is 0 Å². The van der Waals surface area contributed by atoms with Crippen molar-refractivity contribution in [3.63, 3.8) is 0 Å². The molecule has 1 N–H and O–H groups in total. The largest absolute Gasteiger partial charge is 0.342 e. The van der Waals surface area contributed by atoms with E-state index in [1.54, 1.807) is 0 Å². The second-order valence-corrected chi connectivity index (χ2v) is 6.08. The maximum atomic E-state index is 12.7. The number of amides is 1. The lowest BCUT2D eigenvalue weighted by molar-refractivity contribution is -0.142. The molecule has 0 spiro atoms. The van der Waals surface area contributed by atoms with Crippen molar-refractivity contribution in [1.82, 2.24) is 10.2 Å². The fourth-order valence-corrected chi connectivity index (χ4v) is 3.23. The van der Waals surface area contributed by atoms with Gasteiger partial charge in [-0.25, -0.2) is 0 Å². The summed E-state index contributed by atoms with van der Waals surface area (Å²) in [7, 11) is 0. The maximum Gasteiger partial charge on any atom is 0.230 e. The molecule has 0 radical (unpaired) electrons. The van der Waals surface area contributed by atoms with Gasteiger partial charge in [0.25, 0.3) is 0 Å². The fraction of sp³-hybridized carbons (Fsp3) is 0.929. The van der Waals surface area contributed by atoms with E-state index in [2.05, 4.69) is 31.0 Å². The molecule has 2 aliphatic rings. The molecule has 2 heterocycles. The van der Waals surface area contributed by atoms with Crippen LogP contribution in [0.2, 0.25) is 0 Å². The van der Waals surface area contributed by atoms with Crippen LogP contribution in [-0.4, -0.2) is 37.0 Å². The number of likely N-dealkylation sites (tertiary alicyclic amines) is 1. The number of carbonyl (C=O) groups is 1. The summed E-state index contributed by atoms with van der Waals surface area (Å²) in [5, 5.41) is 3.41. The predicted molar refractivity (Wildman–Crippen MR) is 69.7 cm³/mol. The normalized spacial score (nSPS) is 38.4. The predicted octanol–water partition coefficient (Wildman–Crippen LogP) is 1.88. The Balaban J connectivity index is 2.07. The van der Waals surface area contributed by atoms with Gasteiger partial charge < -0.3 is 10.2 Å². The first kappa shape index (κ1) is 12.9. The van der Waals surface area contributed by atoms with Crippen LogP contribution in [0.1, 0.15) is 40.0 Å². The number of rotatable bonds is 2. The van der Waals surface area contributed by atoms with Crippen LogP contribution in [-0.2, 0) is 4.79 Å². The third kappa shape index (κ3) is 2.35. The minimum absolute atomic E-state index is 0.109. The Kier molecular flexibility index (Phi) is 3.76. The molecular formula is C14H26N2O. The summed E-state index contributed by atoms with van der Waals surface area (Å²) < 4.78 is 0. The molecule has 1 amide bonds. The van der Waals surface area contributed by atoms with Gasteiger partial charge in [0, 0.05) is 19.6 Å². The Morgan fingerprint density at radius 3 is 2.47 bits per heavy atom. The molecule has 0 aromatic heterocycles. The van der Waals surface area contributed by atoms with Gasteiger partial charge in [-0.1, -0.05) is 20.8 Å². The second-order valence-electron chi connectivity index (χ2n) is 6.08. The van der Waals surface area contributed by atoms with Crippen LogP contribution in [0.3, 0.4) is 0 Å². The third-order valence-corrected chi connectivity index (χ3v) is 4.88. The van der Waals surface area contributed by atoms with Crippen molar-refractivity contribution in [3.8, 4) is 0 Å². The fourth-order valence-electron chi connectivity index (χ4n) is 3.23. The number of piperidine rings is 1. The van der Waals surface area contributed by atoms with Gasteiger partial charge in [0.05, 0.1) is 5.41 Å². The van der Waals surface area contributed by atoms with E-state index in [0.29, 0.717) is 17.7 Å². The van der Waals surface area contributed by atoms with Crippen molar-refractivity contribution in [1.29, 1.82) is 0 Å². The van der Waals surface area contributed by atoms with Crippen LogP contribution in [0.15, 0.2) is 0 Å². The van der Waals surface area contributed by atoms with E-state index in [-0.39, 0.29) is 5.41 Å². The Bertz CT molecular complexity index is 274. The summed E-state index contributed by atoms with van der Waals surface area (Å²) >= 11 is 0. The number of hydrogen-bond donors (Lipinski definition) is 1. The Morgan fingerprint density at radius 1 is 1.35 bits per heavy atom. The Morgan fingerprint density at radius 2 is 2.00 bits per heavy atom. The molecule has 98 valence electrons. The molecule has 0 aromatic rings. The molecule has 0 aliphatic carbocycles. The number of nitrogens with one attached hydrogen (secondary N) is 1. The van der Waals surface area contributed by atoms with Crippen molar-refractivity contribution in [2.45, 2.75) is 40.0 Å². The highest BCUT2D eigenvalue weighted by Gasteiger charge is 2.43. The average Bonchev–Trinajstić information content (AvgIpc) is 2.69. The highest BCUT2D eigenvalue weighted by Crippen LogP contribution is 2.35. The molecular weight excluding hydrogens is 212 g/mol. The van der Waals surface area contributed by atoms with Crippen molar-refractivity contribution in [2.24, 2.45) is 17.3 Å². The average molecular weight is 238 g/mol. The molecule has 3 atom stereocenters. The molecule has 0 saturated carbocycles. The van der Waals surface area contributed by atoms with Crippen molar-refractivity contribution < 1.29 is 4.79 Å². The lowest BCUT2D eigenvalue weighted by Crippen LogP contribution is -2.51. The molecule has 2 rings (SSSR count). The van der Waals surface area contributed by atoms with Gasteiger partial charge in [0.1, 0.15) is 0 Å². The lowest BCUT2D eigenvalue weighted by atomic mass is 9.77. The highest BCUT2D eigenvalue weighted by atomic mass is 16.2. The smallest absolute Gasteiger partial charge is 0.230 e. The van der Waals surface area contributed by atoms with Crippen LogP contribution < -0.4 is 5.32 Å². The molecule has 3 nitrogen and oxygen atoms in total. The van der Waals surface area contributed by atoms with Gasteiger partial charge in [-0.05, 0) is 37.6 Å². The van der Waals surface area contributed by atoms with Crippen molar-refractivity contribution in [3.05, 3.63) is 0 Å². The monoisotopic (exact) mass is 238 g/mol.